The minimum absolute atomic E-state index is 0.144. The second-order valence-electron chi connectivity index (χ2n) is 5.15. The van der Waals surface area contributed by atoms with Crippen molar-refractivity contribution in [1.82, 2.24) is 4.98 Å². The first-order chi connectivity index (χ1) is 8.28. The molecule has 0 spiro atoms. The number of rotatable bonds is 3. The van der Waals surface area contributed by atoms with E-state index in [-0.39, 0.29) is 5.41 Å². The lowest BCUT2D eigenvalue weighted by Gasteiger charge is -2.38. The SMILES string of the molecule is NCC1(C(O)c2cscn2)CCCCCCC1. The third-order valence-electron chi connectivity index (χ3n) is 4.07. The van der Waals surface area contributed by atoms with Gasteiger partial charge in [-0.25, -0.2) is 4.98 Å². The fourth-order valence-corrected chi connectivity index (χ4v) is 3.44. The van der Waals surface area contributed by atoms with Crippen molar-refractivity contribution in [2.45, 2.75) is 51.0 Å². The van der Waals surface area contributed by atoms with Gasteiger partial charge in [0.1, 0.15) is 6.10 Å². The van der Waals surface area contributed by atoms with Crippen LogP contribution in [0.5, 0.6) is 0 Å². The third kappa shape index (κ3) is 2.87. The van der Waals surface area contributed by atoms with E-state index in [0.717, 1.165) is 18.5 Å². The van der Waals surface area contributed by atoms with Gasteiger partial charge in [-0.05, 0) is 12.8 Å². The van der Waals surface area contributed by atoms with Gasteiger partial charge in [-0.3, -0.25) is 0 Å². The van der Waals surface area contributed by atoms with E-state index in [9.17, 15) is 5.11 Å². The summed E-state index contributed by atoms with van der Waals surface area (Å²) in [5.74, 6) is 0. The number of hydrogen-bond acceptors (Lipinski definition) is 4. The molecule has 17 heavy (non-hydrogen) atoms. The standard InChI is InChI=1S/C13H22N2OS/c14-9-13(6-4-2-1-3-5-7-13)12(16)11-8-17-10-15-11/h8,10,12,16H,1-7,9,14H2. The average Bonchev–Trinajstić information content (AvgIpc) is 2.82. The monoisotopic (exact) mass is 254 g/mol. The van der Waals surface area contributed by atoms with Gasteiger partial charge in [-0.2, -0.15) is 0 Å². The second kappa shape index (κ2) is 5.94. The molecule has 0 amide bonds. The Kier molecular flexibility index (Phi) is 4.54. The fourth-order valence-electron chi connectivity index (χ4n) is 2.87. The van der Waals surface area contributed by atoms with Crippen LogP contribution in [0.1, 0.15) is 56.7 Å². The van der Waals surface area contributed by atoms with Crippen LogP contribution in [0.4, 0.5) is 0 Å². The molecule has 1 saturated carbocycles. The van der Waals surface area contributed by atoms with Gasteiger partial charge in [0.15, 0.2) is 0 Å². The molecule has 1 heterocycles. The van der Waals surface area contributed by atoms with Crippen LogP contribution < -0.4 is 5.73 Å². The van der Waals surface area contributed by atoms with Gasteiger partial charge in [0.2, 0.25) is 0 Å². The van der Waals surface area contributed by atoms with E-state index >= 15 is 0 Å². The zero-order chi connectivity index (χ0) is 12.1. The molecule has 0 radical (unpaired) electrons. The zero-order valence-electron chi connectivity index (χ0n) is 10.3. The van der Waals surface area contributed by atoms with Gasteiger partial charge in [0.25, 0.3) is 0 Å². The first kappa shape index (κ1) is 13.0. The molecule has 3 nitrogen and oxygen atoms in total. The number of aromatic nitrogens is 1. The quantitative estimate of drug-likeness (QED) is 0.872. The van der Waals surface area contributed by atoms with Crippen LogP contribution in [0, 0.1) is 5.41 Å². The largest absolute Gasteiger partial charge is 0.386 e. The van der Waals surface area contributed by atoms with Crippen molar-refractivity contribution in [2.24, 2.45) is 11.1 Å². The lowest BCUT2D eigenvalue weighted by atomic mass is 9.71. The summed E-state index contributed by atoms with van der Waals surface area (Å²) in [5.41, 5.74) is 8.43. The van der Waals surface area contributed by atoms with Gasteiger partial charge in [0.05, 0.1) is 11.2 Å². The summed E-state index contributed by atoms with van der Waals surface area (Å²) in [5, 5.41) is 12.5. The molecule has 0 saturated heterocycles. The zero-order valence-corrected chi connectivity index (χ0v) is 11.1. The highest BCUT2D eigenvalue weighted by molar-refractivity contribution is 7.07. The Hall–Kier alpha value is -0.450. The van der Waals surface area contributed by atoms with Gasteiger partial charge >= 0.3 is 0 Å². The molecule has 0 aromatic carbocycles. The highest BCUT2D eigenvalue weighted by Gasteiger charge is 2.38. The van der Waals surface area contributed by atoms with E-state index in [0.29, 0.717) is 6.54 Å². The molecule has 1 fully saturated rings. The Balaban J connectivity index is 2.15. The van der Waals surface area contributed by atoms with Crippen molar-refractivity contribution < 1.29 is 5.11 Å². The molecule has 1 aliphatic rings. The predicted molar refractivity (Wildman–Crippen MR) is 70.9 cm³/mol. The van der Waals surface area contributed by atoms with Crippen LogP contribution in [-0.2, 0) is 0 Å². The molecule has 3 N–H and O–H groups in total. The Morgan fingerprint density at radius 2 is 1.94 bits per heavy atom. The molecule has 1 atom stereocenters. The summed E-state index contributed by atoms with van der Waals surface area (Å²) in [6.45, 7) is 0.561. The smallest absolute Gasteiger partial charge is 0.104 e. The fraction of sp³-hybridized carbons (Fsp3) is 0.769. The third-order valence-corrected chi connectivity index (χ3v) is 4.67. The minimum atomic E-state index is -0.489. The summed E-state index contributed by atoms with van der Waals surface area (Å²) >= 11 is 1.54. The summed E-state index contributed by atoms with van der Waals surface area (Å²) < 4.78 is 0. The van der Waals surface area contributed by atoms with Crippen molar-refractivity contribution in [2.75, 3.05) is 6.54 Å². The summed E-state index contributed by atoms with van der Waals surface area (Å²) in [6, 6.07) is 0. The number of nitrogens with zero attached hydrogens (tertiary/aromatic N) is 1. The molecule has 96 valence electrons. The number of thiazole rings is 1. The van der Waals surface area contributed by atoms with E-state index in [2.05, 4.69) is 4.98 Å². The normalized spacial score (nSPS) is 22.7. The summed E-state index contributed by atoms with van der Waals surface area (Å²) in [4.78, 5) is 4.25. The molecule has 0 aliphatic heterocycles. The molecule has 1 aromatic rings. The number of hydrogen-bond donors (Lipinski definition) is 2. The lowest BCUT2D eigenvalue weighted by molar-refractivity contribution is 0.00595. The van der Waals surface area contributed by atoms with E-state index in [1.165, 1.54) is 43.4 Å². The first-order valence-electron chi connectivity index (χ1n) is 6.55. The maximum Gasteiger partial charge on any atom is 0.104 e. The topological polar surface area (TPSA) is 59.1 Å². The number of aliphatic hydroxyl groups excluding tert-OH is 1. The van der Waals surface area contributed by atoms with Crippen LogP contribution >= 0.6 is 11.3 Å². The van der Waals surface area contributed by atoms with Crippen molar-refractivity contribution in [3.05, 3.63) is 16.6 Å². The van der Waals surface area contributed by atoms with Gasteiger partial charge < -0.3 is 10.8 Å². The molecule has 1 aliphatic carbocycles. The van der Waals surface area contributed by atoms with Crippen molar-refractivity contribution in [1.29, 1.82) is 0 Å². The molecule has 0 bridgehead atoms. The predicted octanol–water partition coefficient (Wildman–Crippen LogP) is 2.87. The maximum atomic E-state index is 10.6. The van der Waals surface area contributed by atoms with E-state index in [4.69, 9.17) is 5.73 Å². The van der Waals surface area contributed by atoms with Crippen LogP contribution in [0.15, 0.2) is 10.9 Å². The van der Waals surface area contributed by atoms with Crippen LogP contribution in [0.25, 0.3) is 0 Å². The van der Waals surface area contributed by atoms with Crippen molar-refractivity contribution in [3.8, 4) is 0 Å². The Morgan fingerprint density at radius 1 is 1.29 bits per heavy atom. The molecule has 2 rings (SSSR count). The maximum absolute atomic E-state index is 10.6. The molecule has 4 heteroatoms. The highest BCUT2D eigenvalue weighted by Crippen LogP contribution is 2.43. The van der Waals surface area contributed by atoms with Gasteiger partial charge in [0, 0.05) is 17.3 Å². The van der Waals surface area contributed by atoms with Crippen LogP contribution in [-0.4, -0.2) is 16.6 Å². The van der Waals surface area contributed by atoms with E-state index in [1.54, 1.807) is 5.51 Å². The lowest BCUT2D eigenvalue weighted by Crippen LogP contribution is -2.37. The molecular formula is C13H22N2OS. The molecule has 1 unspecified atom stereocenters. The Bertz CT molecular complexity index is 318. The van der Waals surface area contributed by atoms with Gasteiger partial charge in [-0.15, -0.1) is 11.3 Å². The van der Waals surface area contributed by atoms with E-state index < -0.39 is 6.10 Å². The van der Waals surface area contributed by atoms with E-state index in [1.807, 2.05) is 5.38 Å². The average molecular weight is 254 g/mol. The van der Waals surface area contributed by atoms with Crippen molar-refractivity contribution in [3.63, 3.8) is 0 Å². The number of nitrogens with two attached hydrogens (primary N) is 1. The second-order valence-corrected chi connectivity index (χ2v) is 5.87. The van der Waals surface area contributed by atoms with Crippen molar-refractivity contribution >= 4 is 11.3 Å². The summed E-state index contributed by atoms with van der Waals surface area (Å²) in [7, 11) is 0. The molecule has 1 aromatic heterocycles. The van der Waals surface area contributed by atoms with Gasteiger partial charge in [-0.1, -0.05) is 32.1 Å². The summed E-state index contributed by atoms with van der Waals surface area (Å²) in [6.07, 6.45) is 7.79. The first-order valence-corrected chi connectivity index (χ1v) is 7.49. The number of aliphatic hydroxyl groups is 1. The highest BCUT2D eigenvalue weighted by atomic mass is 32.1. The van der Waals surface area contributed by atoms with Crippen LogP contribution in [0.3, 0.4) is 0 Å². The van der Waals surface area contributed by atoms with Crippen LogP contribution in [0.2, 0.25) is 0 Å². The Labute approximate surface area is 107 Å². The Morgan fingerprint density at radius 3 is 2.47 bits per heavy atom. The molecular weight excluding hydrogens is 232 g/mol. The minimum Gasteiger partial charge on any atom is -0.386 e.